The van der Waals surface area contributed by atoms with E-state index in [0.717, 1.165) is 10.6 Å². The van der Waals surface area contributed by atoms with Crippen LogP contribution in [0.15, 0.2) is 35.4 Å². The third-order valence-corrected chi connectivity index (χ3v) is 1.70. The highest BCUT2D eigenvalue weighted by Crippen LogP contribution is 2.21. The first-order chi connectivity index (χ1) is 4.20. The molecule has 0 bridgehead atoms. The van der Waals surface area contributed by atoms with Crippen LogP contribution in [0.2, 0.25) is 0 Å². The second-order valence-corrected chi connectivity index (χ2v) is 2.68. The quantitative estimate of drug-likeness (QED) is 0.486. The lowest BCUT2D eigenvalue weighted by molar-refractivity contribution is 0.885. The fourth-order valence-electron chi connectivity index (χ4n) is 0.740. The lowest BCUT2D eigenvalue weighted by Crippen LogP contribution is -1.95. The molecule has 0 heterocycles. The molecule has 1 heteroatoms. The molecule has 0 aromatic carbocycles. The summed E-state index contributed by atoms with van der Waals surface area (Å²) in [6.07, 6.45) is 5.81. The van der Waals surface area contributed by atoms with E-state index in [1.54, 1.807) is 0 Å². The Balaban J connectivity index is 2.82. The van der Waals surface area contributed by atoms with Gasteiger partial charge >= 0.3 is 0 Å². The van der Waals surface area contributed by atoms with Crippen molar-refractivity contribution in [1.29, 1.82) is 0 Å². The van der Waals surface area contributed by atoms with Crippen molar-refractivity contribution < 1.29 is 0 Å². The van der Waals surface area contributed by atoms with E-state index >= 15 is 0 Å². The van der Waals surface area contributed by atoms with Crippen molar-refractivity contribution >= 4 is 11.6 Å². The van der Waals surface area contributed by atoms with Crippen LogP contribution in [-0.4, -0.2) is 0 Å². The van der Waals surface area contributed by atoms with Gasteiger partial charge in [0.2, 0.25) is 0 Å². The predicted molar refractivity (Wildman–Crippen MR) is 41.4 cm³/mol. The van der Waals surface area contributed by atoms with Crippen LogP contribution in [0, 0.1) is 5.92 Å². The molecule has 0 fully saturated rings. The van der Waals surface area contributed by atoms with Gasteiger partial charge in [-0.05, 0) is 11.6 Å². The Bertz CT molecular complexity index is 187. The number of allylic oxidation sites excluding steroid dienone is 5. The molecular weight excluding hydrogens is 132 g/mol. The van der Waals surface area contributed by atoms with Gasteiger partial charge in [-0.1, -0.05) is 37.3 Å². The SMILES string of the molecule is C=C1C=CC(Cl)=CC1C. The number of halogens is 1. The van der Waals surface area contributed by atoms with Gasteiger partial charge in [-0.2, -0.15) is 0 Å². The maximum Gasteiger partial charge on any atom is 0.0372 e. The van der Waals surface area contributed by atoms with Crippen LogP contribution < -0.4 is 0 Å². The summed E-state index contributed by atoms with van der Waals surface area (Å²) in [5.41, 5.74) is 1.12. The van der Waals surface area contributed by atoms with E-state index in [9.17, 15) is 0 Å². The average Bonchev–Trinajstić information content (AvgIpc) is 1.80. The van der Waals surface area contributed by atoms with Crippen molar-refractivity contribution in [3.05, 3.63) is 35.4 Å². The minimum absolute atomic E-state index is 0.405. The molecule has 0 aromatic heterocycles. The lowest BCUT2D eigenvalue weighted by atomic mass is 9.98. The third-order valence-electron chi connectivity index (χ3n) is 1.45. The zero-order valence-corrected chi connectivity index (χ0v) is 6.15. The molecular formula is C8H9Cl. The maximum absolute atomic E-state index is 5.71. The Labute approximate surface area is 60.5 Å². The molecule has 9 heavy (non-hydrogen) atoms. The molecule has 0 saturated carbocycles. The van der Waals surface area contributed by atoms with E-state index in [1.807, 2.05) is 18.2 Å². The number of rotatable bonds is 0. The molecule has 1 unspecified atom stereocenters. The molecule has 1 rings (SSSR count). The molecule has 0 amide bonds. The van der Waals surface area contributed by atoms with Crippen molar-refractivity contribution in [2.75, 3.05) is 0 Å². The van der Waals surface area contributed by atoms with Crippen molar-refractivity contribution in [2.45, 2.75) is 6.92 Å². The summed E-state index contributed by atoms with van der Waals surface area (Å²) >= 11 is 5.71. The topological polar surface area (TPSA) is 0 Å². The minimum Gasteiger partial charge on any atom is -0.0952 e. The molecule has 0 N–H and O–H groups in total. The fraction of sp³-hybridized carbons (Fsp3) is 0.250. The summed E-state index contributed by atoms with van der Waals surface area (Å²) in [7, 11) is 0. The molecule has 1 aliphatic rings. The highest BCUT2D eigenvalue weighted by molar-refractivity contribution is 6.31. The molecule has 0 aromatic rings. The van der Waals surface area contributed by atoms with Crippen molar-refractivity contribution in [2.24, 2.45) is 5.92 Å². The molecule has 0 saturated heterocycles. The Morgan fingerprint density at radius 1 is 1.56 bits per heavy atom. The first-order valence-corrected chi connectivity index (χ1v) is 3.32. The Hall–Kier alpha value is -0.490. The lowest BCUT2D eigenvalue weighted by Gasteiger charge is -2.10. The van der Waals surface area contributed by atoms with Crippen LogP contribution in [0.25, 0.3) is 0 Å². The minimum atomic E-state index is 0.405. The molecule has 48 valence electrons. The van der Waals surface area contributed by atoms with Gasteiger partial charge in [0.1, 0.15) is 0 Å². The van der Waals surface area contributed by atoms with E-state index < -0.39 is 0 Å². The van der Waals surface area contributed by atoms with Crippen LogP contribution in [0.1, 0.15) is 6.92 Å². The van der Waals surface area contributed by atoms with Gasteiger partial charge in [-0.15, -0.1) is 0 Å². The predicted octanol–water partition coefficient (Wildman–Crippen LogP) is 2.87. The van der Waals surface area contributed by atoms with E-state index in [0.29, 0.717) is 5.92 Å². The van der Waals surface area contributed by atoms with Gasteiger partial charge in [0.15, 0.2) is 0 Å². The first-order valence-electron chi connectivity index (χ1n) is 2.94. The summed E-state index contributed by atoms with van der Waals surface area (Å²) in [5.74, 6) is 0.405. The van der Waals surface area contributed by atoms with Crippen LogP contribution in [0.3, 0.4) is 0 Å². The molecule has 1 atom stereocenters. The van der Waals surface area contributed by atoms with Crippen LogP contribution >= 0.6 is 11.6 Å². The molecule has 1 aliphatic carbocycles. The fourth-order valence-corrected chi connectivity index (χ4v) is 0.992. The normalized spacial score (nSPS) is 26.2. The van der Waals surface area contributed by atoms with Gasteiger partial charge in [0.25, 0.3) is 0 Å². The summed E-state index contributed by atoms with van der Waals surface area (Å²) in [5, 5.41) is 0.815. The average molecular weight is 141 g/mol. The van der Waals surface area contributed by atoms with E-state index in [-0.39, 0.29) is 0 Å². The summed E-state index contributed by atoms with van der Waals surface area (Å²) in [6, 6.07) is 0. The van der Waals surface area contributed by atoms with E-state index in [4.69, 9.17) is 11.6 Å². The molecule has 0 spiro atoms. The summed E-state index contributed by atoms with van der Waals surface area (Å²) in [4.78, 5) is 0. The molecule has 0 nitrogen and oxygen atoms in total. The van der Waals surface area contributed by atoms with E-state index in [1.165, 1.54) is 0 Å². The number of hydrogen-bond donors (Lipinski definition) is 0. The highest BCUT2D eigenvalue weighted by Gasteiger charge is 2.04. The standard InChI is InChI=1S/C8H9Cl/c1-6-3-4-8(9)5-7(6)2/h3-5,7H,1H2,2H3. The largest absolute Gasteiger partial charge is 0.0952 e. The van der Waals surface area contributed by atoms with Crippen LogP contribution in [0.5, 0.6) is 0 Å². The van der Waals surface area contributed by atoms with Gasteiger partial charge < -0.3 is 0 Å². The van der Waals surface area contributed by atoms with Crippen LogP contribution in [0.4, 0.5) is 0 Å². The highest BCUT2D eigenvalue weighted by atomic mass is 35.5. The van der Waals surface area contributed by atoms with Gasteiger partial charge in [-0.25, -0.2) is 0 Å². The molecule has 0 radical (unpaired) electrons. The summed E-state index contributed by atoms with van der Waals surface area (Å²) in [6.45, 7) is 5.92. The number of hydrogen-bond acceptors (Lipinski definition) is 0. The maximum atomic E-state index is 5.71. The zero-order chi connectivity index (χ0) is 6.85. The van der Waals surface area contributed by atoms with Crippen molar-refractivity contribution in [3.63, 3.8) is 0 Å². The van der Waals surface area contributed by atoms with Gasteiger partial charge in [0.05, 0.1) is 0 Å². The second-order valence-electron chi connectivity index (χ2n) is 2.25. The summed E-state index contributed by atoms with van der Waals surface area (Å²) < 4.78 is 0. The van der Waals surface area contributed by atoms with Gasteiger partial charge in [0, 0.05) is 11.0 Å². The first kappa shape index (κ1) is 6.63. The second kappa shape index (κ2) is 2.40. The zero-order valence-electron chi connectivity index (χ0n) is 5.39. The smallest absolute Gasteiger partial charge is 0.0372 e. The third kappa shape index (κ3) is 1.46. The van der Waals surface area contributed by atoms with Crippen LogP contribution in [-0.2, 0) is 0 Å². The Morgan fingerprint density at radius 2 is 2.22 bits per heavy atom. The van der Waals surface area contributed by atoms with Crippen molar-refractivity contribution in [1.82, 2.24) is 0 Å². The van der Waals surface area contributed by atoms with Gasteiger partial charge in [-0.3, -0.25) is 0 Å². The van der Waals surface area contributed by atoms with Crippen molar-refractivity contribution in [3.8, 4) is 0 Å². The van der Waals surface area contributed by atoms with E-state index in [2.05, 4.69) is 13.5 Å². The monoisotopic (exact) mass is 140 g/mol. The molecule has 0 aliphatic heterocycles. The Kier molecular flexibility index (Phi) is 1.77. The Morgan fingerprint density at radius 3 is 2.67 bits per heavy atom.